The van der Waals surface area contributed by atoms with Crippen molar-refractivity contribution >= 4 is 15.9 Å². The highest BCUT2D eigenvalue weighted by Crippen LogP contribution is 2.08. The van der Waals surface area contributed by atoms with Crippen LogP contribution in [0.3, 0.4) is 0 Å². The molecule has 0 aromatic carbocycles. The number of aromatic nitrogens is 1. The predicted octanol–water partition coefficient (Wildman–Crippen LogP) is -0.770. The second-order valence-corrected chi connectivity index (χ2v) is 5.73. The Balaban J connectivity index is 2.82. The molecule has 0 bridgehead atoms. The summed E-state index contributed by atoms with van der Waals surface area (Å²) in [6.07, 6.45) is 2.90. The van der Waals surface area contributed by atoms with Crippen molar-refractivity contribution in [1.82, 2.24) is 15.0 Å². The number of aliphatic hydroxyl groups is 1. The lowest BCUT2D eigenvalue weighted by molar-refractivity contribution is -0.119. The summed E-state index contributed by atoms with van der Waals surface area (Å²) in [6, 6.07) is 1.36. The normalized spacial score (nSPS) is 10.6. The van der Waals surface area contributed by atoms with E-state index in [1.54, 1.807) is 6.92 Å². The van der Waals surface area contributed by atoms with Crippen molar-refractivity contribution in [1.29, 1.82) is 0 Å². The smallest absolute Gasteiger partial charge is 0.242 e. The molecule has 7 nitrogen and oxygen atoms in total. The summed E-state index contributed by atoms with van der Waals surface area (Å²) < 4.78 is 26.2. The minimum absolute atomic E-state index is 0.0630. The van der Waals surface area contributed by atoms with E-state index in [0.717, 1.165) is 0 Å². The number of rotatable bonds is 6. The molecule has 0 saturated carbocycles. The van der Waals surface area contributed by atoms with Crippen LogP contribution in [0, 0.1) is 11.8 Å². The van der Waals surface area contributed by atoms with Crippen LogP contribution in [0.15, 0.2) is 23.4 Å². The largest absolute Gasteiger partial charge is 0.395 e. The van der Waals surface area contributed by atoms with Crippen LogP contribution in [0.5, 0.6) is 0 Å². The molecule has 114 valence electrons. The third-order valence-corrected chi connectivity index (χ3v) is 3.66. The summed E-state index contributed by atoms with van der Waals surface area (Å²) in [6.45, 7) is 1.77. The first kappa shape index (κ1) is 17.1. The van der Waals surface area contributed by atoms with Crippen LogP contribution in [-0.4, -0.2) is 44.1 Å². The van der Waals surface area contributed by atoms with E-state index in [0.29, 0.717) is 18.5 Å². The molecule has 0 aliphatic heterocycles. The van der Waals surface area contributed by atoms with Gasteiger partial charge in [-0.15, -0.1) is 0 Å². The van der Waals surface area contributed by atoms with E-state index in [2.05, 4.69) is 26.9 Å². The minimum Gasteiger partial charge on any atom is -0.395 e. The van der Waals surface area contributed by atoms with E-state index in [1.807, 2.05) is 0 Å². The highest BCUT2D eigenvalue weighted by atomic mass is 32.2. The molecule has 1 amide bonds. The maximum absolute atomic E-state index is 12.0. The Labute approximate surface area is 123 Å². The molecule has 0 atom stereocenters. The topological polar surface area (TPSA) is 108 Å². The summed E-state index contributed by atoms with van der Waals surface area (Å²) in [4.78, 5) is 15.0. The highest BCUT2D eigenvalue weighted by Gasteiger charge is 2.16. The number of carbonyl (C=O) groups excluding carboxylic acids is 1. The predicted molar refractivity (Wildman–Crippen MR) is 76.7 cm³/mol. The lowest BCUT2D eigenvalue weighted by atomic mass is 10.3. The van der Waals surface area contributed by atoms with Gasteiger partial charge in [0, 0.05) is 30.9 Å². The molecule has 21 heavy (non-hydrogen) atoms. The molecule has 0 unspecified atom stereocenters. The van der Waals surface area contributed by atoms with Crippen LogP contribution in [0.25, 0.3) is 0 Å². The van der Waals surface area contributed by atoms with E-state index in [1.165, 1.54) is 18.5 Å². The maximum Gasteiger partial charge on any atom is 0.242 e. The molecule has 1 rings (SSSR count). The molecule has 0 radical (unpaired) electrons. The van der Waals surface area contributed by atoms with Crippen molar-refractivity contribution in [3.63, 3.8) is 0 Å². The Kier molecular flexibility index (Phi) is 6.81. The van der Waals surface area contributed by atoms with Crippen molar-refractivity contribution in [2.24, 2.45) is 0 Å². The zero-order valence-electron chi connectivity index (χ0n) is 11.6. The number of carbonyl (C=O) groups is 1. The molecular formula is C13H17N3O4S. The molecular weight excluding hydrogens is 294 g/mol. The number of hydrogen-bond acceptors (Lipinski definition) is 5. The molecule has 0 aliphatic rings. The van der Waals surface area contributed by atoms with Gasteiger partial charge >= 0.3 is 0 Å². The highest BCUT2D eigenvalue weighted by molar-refractivity contribution is 7.89. The number of amides is 1. The summed E-state index contributed by atoms with van der Waals surface area (Å²) in [5, 5.41) is 11.1. The minimum atomic E-state index is -3.82. The van der Waals surface area contributed by atoms with E-state index >= 15 is 0 Å². The molecule has 8 heteroatoms. The molecule has 0 spiro atoms. The third-order valence-electron chi connectivity index (χ3n) is 2.29. The Morgan fingerprint density at radius 1 is 1.43 bits per heavy atom. The Morgan fingerprint density at radius 2 is 2.19 bits per heavy atom. The number of nitrogens with one attached hydrogen (secondary N) is 2. The number of aliphatic hydroxyl groups excluding tert-OH is 1. The molecule has 1 heterocycles. The molecule has 0 fully saturated rings. The van der Waals surface area contributed by atoms with Gasteiger partial charge in [-0.25, -0.2) is 13.1 Å². The molecule has 3 N–H and O–H groups in total. The van der Waals surface area contributed by atoms with Crippen LogP contribution < -0.4 is 10.0 Å². The summed E-state index contributed by atoms with van der Waals surface area (Å²) in [5.41, 5.74) is 0.421. The van der Waals surface area contributed by atoms with Gasteiger partial charge in [0.1, 0.15) is 4.90 Å². The van der Waals surface area contributed by atoms with E-state index in [4.69, 9.17) is 5.11 Å². The van der Waals surface area contributed by atoms with Gasteiger partial charge in [0.05, 0.1) is 13.2 Å². The molecule has 0 aliphatic carbocycles. The van der Waals surface area contributed by atoms with Gasteiger partial charge in [-0.2, -0.15) is 0 Å². The fourth-order valence-corrected chi connectivity index (χ4v) is 2.33. The average Bonchev–Trinajstić information content (AvgIpc) is 2.46. The number of likely N-dealkylation sites (N-methyl/N-ethyl adjacent to an activating group) is 1. The summed E-state index contributed by atoms with van der Waals surface area (Å²) >= 11 is 0. The Morgan fingerprint density at radius 3 is 2.86 bits per heavy atom. The third kappa shape index (κ3) is 5.91. The quantitative estimate of drug-likeness (QED) is 0.598. The number of sulfonamides is 1. The van der Waals surface area contributed by atoms with E-state index in [9.17, 15) is 13.2 Å². The lowest BCUT2D eigenvalue weighted by Gasteiger charge is -2.06. The van der Waals surface area contributed by atoms with Crippen molar-refractivity contribution in [3.8, 4) is 11.8 Å². The van der Waals surface area contributed by atoms with Gasteiger partial charge in [-0.3, -0.25) is 9.78 Å². The van der Waals surface area contributed by atoms with E-state index in [-0.39, 0.29) is 18.0 Å². The van der Waals surface area contributed by atoms with Crippen LogP contribution in [-0.2, 0) is 14.8 Å². The van der Waals surface area contributed by atoms with Crippen molar-refractivity contribution in [2.45, 2.75) is 18.2 Å². The Bertz CT molecular complexity index is 647. The van der Waals surface area contributed by atoms with Gasteiger partial charge in [-0.1, -0.05) is 11.8 Å². The molecule has 0 saturated heterocycles. The molecule has 1 aromatic heterocycles. The number of pyridine rings is 1. The van der Waals surface area contributed by atoms with Crippen LogP contribution in [0.1, 0.15) is 18.9 Å². The zero-order chi connectivity index (χ0) is 15.7. The van der Waals surface area contributed by atoms with Crippen molar-refractivity contribution in [2.75, 3.05) is 19.7 Å². The SMILES string of the molecule is CCNC(=O)CNS(=O)(=O)c1cncc(C#CCCO)c1. The number of hydrogen-bond donors (Lipinski definition) is 3. The fraction of sp³-hybridized carbons (Fsp3) is 0.385. The van der Waals surface area contributed by atoms with Crippen molar-refractivity contribution < 1.29 is 18.3 Å². The average molecular weight is 311 g/mol. The Hall–Kier alpha value is -1.95. The second-order valence-electron chi connectivity index (χ2n) is 3.96. The second kappa shape index (κ2) is 8.36. The molecule has 1 aromatic rings. The van der Waals surface area contributed by atoms with Crippen LogP contribution in [0.2, 0.25) is 0 Å². The first-order valence-corrected chi connectivity index (χ1v) is 7.79. The van der Waals surface area contributed by atoms with Gasteiger partial charge in [0.15, 0.2) is 0 Å². The first-order chi connectivity index (χ1) is 9.99. The number of nitrogens with zero attached hydrogens (tertiary/aromatic N) is 1. The van der Waals surface area contributed by atoms with Crippen molar-refractivity contribution in [3.05, 3.63) is 24.0 Å². The van der Waals surface area contributed by atoms with Gasteiger partial charge < -0.3 is 10.4 Å². The fourth-order valence-electron chi connectivity index (χ4n) is 1.36. The first-order valence-electron chi connectivity index (χ1n) is 6.30. The summed E-state index contributed by atoms with van der Waals surface area (Å²) in [7, 11) is -3.82. The maximum atomic E-state index is 12.0. The summed E-state index contributed by atoms with van der Waals surface area (Å²) in [5.74, 6) is 4.97. The van der Waals surface area contributed by atoms with Crippen LogP contribution in [0.4, 0.5) is 0 Å². The standard InChI is InChI=1S/C13H17N3O4S/c1-2-15-13(18)10-16-21(19,20)12-7-11(8-14-9-12)5-3-4-6-17/h7-9,16-17H,2,4,6,10H2,1H3,(H,15,18). The van der Waals surface area contributed by atoms with E-state index < -0.39 is 15.9 Å². The monoisotopic (exact) mass is 311 g/mol. The lowest BCUT2D eigenvalue weighted by Crippen LogP contribution is -2.36. The zero-order valence-corrected chi connectivity index (χ0v) is 12.4. The van der Waals surface area contributed by atoms with Gasteiger partial charge in [0.25, 0.3) is 0 Å². The van der Waals surface area contributed by atoms with Gasteiger partial charge in [0.2, 0.25) is 15.9 Å². The van der Waals surface area contributed by atoms with Crippen LogP contribution >= 0.6 is 0 Å². The van der Waals surface area contributed by atoms with Gasteiger partial charge in [-0.05, 0) is 13.0 Å².